The van der Waals surface area contributed by atoms with Crippen LogP contribution in [0.1, 0.15) is 35.3 Å². The Labute approximate surface area is 135 Å². The van der Waals surface area contributed by atoms with Crippen LogP contribution in [-0.2, 0) is 12.8 Å². The summed E-state index contributed by atoms with van der Waals surface area (Å²) in [4.78, 5) is 12.2. The van der Waals surface area contributed by atoms with Crippen LogP contribution in [0.4, 0.5) is 27.6 Å². The standard InChI is InChI=1S/C17H14F5NO/c1-3-8-6-5-7-9(4-2)16(8)23-17(24)10-11(18)13(20)15(22)14(21)12(10)19/h5-7H,3-4H2,1-2H3,(H,23,24). The van der Waals surface area contributed by atoms with E-state index in [9.17, 15) is 26.7 Å². The molecule has 0 atom stereocenters. The second-order valence-corrected chi connectivity index (χ2v) is 5.06. The van der Waals surface area contributed by atoms with Crippen molar-refractivity contribution in [2.24, 2.45) is 0 Å². The number of halogens is 5. The largest absolute Gasteiger partial charge is 0.321 e. The van der Waals surface area contributed by atoms with Crippen molar-refractivity contribution >= 4 is 11.6 Å². The predicted molar refractivity (Wildman–Crippen MR) is 79.4 cm³/mol. The van der Waals surface area contributed by atoms with Crippen molar-refractivity contribution in [1.82, 2.24) is 0 Å². The van der Waals surface area contributed by atoms with E-state index >= 15 is 0 Å². The molecule has 0 fully saturated rings. The van der Waals surface area contributed by atoms with Gasteiger partial charge in [0, 0.05) is 5.69 Å². The van der Waals surface area contributed by atoms with Gasteiger partial charge in [0.15, 0.2) is 23.3 Å². The lowest BCUT2D eigenvalue weighted by Crippen LogP contribution is -2.20. The van der Waals surface area contributed by atoms with E-state index in [0.717, 1.165) is 0 Å². The van der Waals surface area contributed by atoms with E-state index < -0.39 is 40.6 Å². The summed E-state index contributed by atoms with van der Waals surface area (Å²) in [5.74, 6) is -12.3. The minimum Gasteiger partial charge on any atom is -0.321 e. The molecular formula is C17H14F5NO. The van der Waals surface area contributed by atoms with E-state index in [0.29, 0.717) is 29.7 Å². The molecule has 0 heterocycles. The van der Waals surface area contributed by atoms with Crippen LogP contribution in [0.15, 0.2) is 18.2 Å². The van der Waals surface area contributed by atoms with E-state index in [4.69, 9.17) is 0 Å². The summed E-state index contributed by atoms with van der Waals surface area (Å²) in [5, 5.41) is 2.28. The van der Waals surface area contributed by atoms with E-state index in [1.807, 2.05) is 13.8 Å². The first kappa shape index (κ1) is 17.9. The van der Waals surface area contributed by atoms with Gasteiger partial charge < -0.3 is 5.32 Å². The zero-order chi connectivity index (χ0) is 18.0. The Morgan fingerprint density at radius 2 is 1.25 bits per heavy atom. The van der Waals surface area contributed by atoms with Crippen molar-refractivity contribution < 1.29 is 26.7 Å². The molecule has 24 heavy (non-hydrogen) atoms. The summed E-state index contributed by atoms with van der Waals surface area (Å²) in [7, 11) is 0. The summed E-state index contributed by atoms with van der Waals surface area (Å²) in [5.41, 5.74) is 0.189. The molecular weight excluding hydrogens is 329 g/mol. The Morgan fingerprint density at radius 1 is 0.833 bits per heavy atom. The van der Waals surface area contributed by atoms with Crippen LogP contribution >= 0.6 is 0 Å². The number of carbonyl (C=O) groups is 1. The van der Waals surface area contributed by atoms with Crippen molar-refractivity contribution in [3.8, 4) is 0 Å². The molecule has 7 heteroatoms. The molecule has 2 aromatic rings. The quantitative estimate of drug-likeness (QED) is 0.484. The first-order valence-corrected chi connectivity index (χ1v) is 7.26. The molecule has 0 bridgehead atoms. The Morgan fingerprint density at radius 3 is 1.67 bits per heavy atom. The Hall–Kier alpha value is -2.44. The van der Waals surface area contributed by atoms with Gasteiger partial charge in [0.1, 0.15) is 5.56 Å². The van der Waals surface area contributed by atoms with Crippen LogP contribution in [0.3, 0.4) is 0 Å². The Kier molecular flexibility index (Phi) is 5.21. The summed E-state index contributed by atoms with van der Waals surface area (Å²) in [6, 6.07) is 5.16. The zero-order valence-electron chi connectivity index (χ0n) is 12.9. The van der Waals surface area contributed by atoms with Crippen LogP contribution in [0, 0.1) is 29.1 Å². The number of para-hydroxylation sites is 1. The maximum atomic E-state index is 13.7. The molecule has 0 aliphatic carbocycles. The number of carbonyl (C=O) groups excluding carboxylic acids is 1. The van der Waals surface area contributed by atoms with Gasteiger partial charge in [0.25, 0.3) is 5.91 Å². The highest BCUT2D eigenvalue weighted by atomic mass is 19.2. The van der Waals surface area contributed by atoms with E-state index in [1.54, 1.807) is 18.2 Å². The van der Waals surface area contributed by atoms with Gasteiger partial charge in [0.2, 0.25) is 5.82 Å². The molecule has 0 radical (unpaired) electrons. The van der Waals surface area contributed by atoms with Crippen molar-refractivity contribution in [2.75, 3.05) is 5.32 Å². The van der Waals surface area contributed by atoms with Gasteiger partial charge in [-0.05, 0) is 24.0 Å². The highest BCUT2D eigenvalue weighted by molar-refractivity contribution is 6.05. The van der Waals surface area contributed by atoms with Crippen molar-refractivity contribution in [3.63, 3.8) is 0 Å². The topological polar surface area (TPSA) is 29.1 Å². The molecule has 2 rings (SSSR count). The number of hydrogen-bond acceptors (Lipinski definition) is 1. The highest BCUT2D eigenvalue weighted by Gasteiger charge is 2.30. The second-order valence-electron chi connectivity index (χ2n) is 5.06. The fraction of sp³-hybridized carbons (Fsp3) is 0.235. The van der Waals surface area contributed by atoms with Crippen molar-refractivity contribution in [1.29, 1.82) is 0 Å². The number of amides is 1. The smallest absolute Gasteiger partial charge is 0.261 e. The Bertz CT molecular complexity index is 753. The van der Waals surface area contributed by atoms with Gasteiger partial charge in [0.05, 0.1) is 0 Å². The van der Waals surface area contributed by atoms with Gasteiger partial charge in [-0.1, -0.05) is 32.0 Å². The molecule has 2 aromatic carbocycles. The molecule has 0 saturated carbocycles. The molecule has 0 aliphatic heterocycles. The first-order valence-electron chi connectivity index (χ1n) is 7.26. The fourth-order valence-electron chi connectivity index (χ4n) is 2.38. The van der Waals surface area contributed by atoms with Crippen LogP contribution in [0.25, 0.3) is 0 Å². The molecule has 0 unspecified atom stereocenters. The molecule has 1 amide bonds. The van der Waals surface area contributed by atoms with Crippen molar-refractivity contribution in [2.45, 2.75) is 26.7 Å². The Balaban J connectivity index is 2.53. The first-order chi connectivity index (χ1) is 11.3. The third-order valence-electron chi connectivity index (χ3n) is 3.67. The SMILES string of the molecule is CCc1cccc(CC)c1NC(=O)c1c(F)c(F)c(F)c(F)c1F. The lowest BCUT2D eigenvalue weighted by molar-refractivity contribution is 0.101. The van der Waals surface area contributed by atoms with Gasteiger partial charge in [-0.25, -0.2) is 22.0 Å². The van der Waals surface area contributed by atoms with Crippen molar-refractivity contribution in [3.05, 3.63) is 64.0 Å². The average molecular weight is 343 g/mol. The third kappa shape index (κ3) is 2.98. The normalized spacial score (nSPS) is 10.8. The number of benzene rings is 2. The average Bonchev–Trinajstić information content (AvgIpc) is 2.58. The second kappa shape index (κ2) is 6.98. The summed E-state index contributed by atoms with van der Waals surface area (Å²) in [6.07, 6.45) is 1.03. The fourth-order valence-corrected chi connectivity index (χ4v) is 2.38. The van der Waals surface area contributed by atoms with Crippen LogP contribution in [-0.4, -0.2) is 5.91 Å². The maximum absolute atomic E-state index is 13.7. The number of nitrogens with one attached hydrogen (secondary N) is 1. The maximum Gasteiger partial charge on any atom is 0.261 e. The van der Waals surface area contributed by atoms with Crippen LogP contribution in [0.5, 0.6) is 0 Å². The molecule has 128 valence electrons. The summed E-state index contributed by atoms with van der Waals surface area (Å²) < 4.78 is 67.0. The van der Waals surface area contributed by atoms with Gasteiger partial charge >= 0.3 is 0 Å². The molecule has 0 aromatic heterocycles. The van der Waals surface area contributed by atoms with Gasteiger partial charge in [-0.15, -0.1) is 0 Å². The number of anilines is 1. The summed E-state index contributed by atoms with van der Waals surface area (Å²) >= 11 is 0. The van der Waals surface area contributed by atoms with E-state index in [1.165, 1.54) is 0 Å². The van der Waals surface area contributed by atoms with Crippen LogP contribution < -0.4 is 5.32 Å². The zero-order valence-corrected chi connectivity index (χ0v) is 12.9. The lowest BCUT2D eigenvalue weighted by atomic mass is 10.0. The molecule has 0 spiro atoms. The number of aryl methyl sites for hydroxylation is 2. The summed E-state index contributed by atoms with van der Waals surface area (Å²) in [6.45, 7) is 3.62. The van der Waals surface area contributed by atoms with Gasteiger partial charge in [-0.2, -0.15) is 0 Å². The lowest BCUT2D eigenvalue weighted by Gasteiger charge is -2.15. The number of hydrogen-bond donors (Lipinski definition) is 1. The van der Waals surface area contributed by atoms with E-state index in [-0.39, 0.29) is 0 Å². The molecule has 0 saturated heterocycles. The number of rotatable bonds is 4. The highest BCUT2D eigenvalue weighted by Crippen LogP contribution is 2.27. The van der Waals surface area contributed by atoms with Crippen LogP contribution in [0.2, 0.25) is 0 Å². The molecule has 1 N–H and O–H groups in total. The minimum absolute atomic E-state index is 0.316. The third-order valence-corrected chi connectivity index (χ3v) is 3.67. The van der Waals surface area contributed by atoms with Gasteiger partial charge in [-0.3, -0.25) is 4.79 Å². The van der Waals surface area contributed by atoms with E-state index in [2.05, 4.69) is 5.32 Å². The molecule has 0 aliphatic rings. The monoisotopic (exact) mass is 343 g/mol. The predicted octanol–water partition coefficient (Wildman–Crippen LogP) is 4.76. The minimum atomic E-state index is -2.30. The molecule has 2 nitrogen and oxygen atoms in total.